The molecule has 0 aromatic carbocycles. The molecular formula is C12H17ClN2O2S. The molecule has 1 amide bonds. The number of thiophene rings is 1. The van der Waals surface area contributed by atoms with Crippen LogP contribution in [0.25, 0.3) is 0 Å². The zero-order chi connectivity index (χ0) is 12.8. The average Bonchev–Trinajstić information content (AvgIpc) is 2.81. The van der Waals surface area contributed by atoms with Crippen molar-refractivity contribution in [1.29, 1.82) is 0 Å². The van der Waals surface area contributed by atoms with E-state index in [0.29, 0.717) is 6.54 Å². The second-order valence-corrected chi connectivity index (χ2v) is 6.04. The van der Waals surface area contributed by atoms with E-state index in [9.17, 15) is 4.79 Å². The Balaban J connectivity index is 1.62. The molecule has 0 atom stereocenters. The number of nitrogens with one attached hydrogen (secondary N) is 2. The van der Waals surface area contributed by atoms with Crippen LogP contribution in [0, 0.1) is 0 Å². The number of ether oxygens (including phenoxy) is 1. The summed E-state index contributed by atoms with van der Waals surface area (Å²) in [5.74, 6) is -0.0712. The van der Waals surface area contributed by atoms with Crippen LogP contribution >= 0.6 is 22.9 Å². The number of hydrogen-bond acceptors (Lipinski definition) is 4. The minimum absolute atomic E-state index is 0.0712. The van der Waals surface area contributed by atoms with Gasteiger partial charge in [0.1, 0.15) is 6.61 Å². The molecule has 1 aliphatic heterocycles. The fraction of sp³-hybridized carbons (Fsp3) is 0.583. The molecule has 2 rings (SSSR count). The Hall–Kier alpha value is -0.620. The molecule has 0 saturated carbocycles. The van der Waals surface area contributed by atoms with E-state index in [1.165, 1.54) is 11.3 Å². The van der Waals surface area contributed by atoms with Crippen LogP contribution in [0.5, 0.6) is 0 Å². The van der Waals surface area contributed by atoms with Crippen LogP contribution in [0.15, 0.2) is 12.1 Å². The van der Waals surface area contributed by atoms with E-state index in [1.54, 1.807) is 0 Å². The summed E-state index contributed by atoms with van der Waals surface area (Å²) >= 11 is 7.29. The summed E-state index contributed by atoms with van der Waals surface area (Å²) in [7, 11) is 0. The topological polar surface area (TPSA) is 50.4 Å². The van der Waals surface area contributed by atoms with Gasteiger partial charge in [-0.05, 0) is 38.1 Å². The summed E-state index contributed by atoms with van der Waals surface area (Å²) in [6.07, 6.45) is 2.18. The van der Waals surface area contributed by atoms with Crippen LogP contribution in [0.3, 0.4) is 0 Å². The summed E-state index contributed by atoms with van der Waals surface area (Å²) in [4.78, 5) is 12.6. The summed E-state index contributed by atoms with van der Waals surface area (Å²) in [5, 5.41) is 6.08. The highest BCUT2D eigenvalue weighted by molar-refractivity contribution is 7.16. The molecule has 0 radical (unpaired) electrons. The Labute approximate surface area is 116 Å². The maximum Gasteiger partial charge on any atom is 0.246 e. The highest BCUT2D eigenvalue weighted by atomic mass is 35.5. The van der Waals surface area contributed by atoms with Crippen LogP contribution in [0.2, 0.25) is 4.34 Å². The Morgan fingerprint density at radius 2 is 2.28 bits per heavy atom. The van der Waals surface area contributed by atoms with E-state index < -0.39 is 0 Å². The second-order valence-electron chi connectivity index (χ2n) is 4.24. The SMILES string of the molecule is O=C(COC1CCNCC1)NCc1ccc(Cl)s1. The number of carbonyl (C=O) groups excluding carboxylic acids is 1. The molecule has 2 N–H and O–H groups in total. The molecule has 4 nitrogen and oxygen atoms in total. The largest absolute Gasteiger partial charge is 0.368 e. The van der Waals surface area contributed by atoms with Crippen LogP contribution in [0.1, 0.15) is 17.7 Å². The Bertz CT molecular complexity index is 391. The molecule has 0 unspecified atom stereocenters. The number of carbonyl (C=O) groups is 1. The normalized spacial score (nSPS) is 16.7. The molecule has 2 heterocycles. The van der Waals surface area contributed by atoms with Gasteiger partial charge in [-0.15, -0.1) is 11.3 Å². The highest BCUT2D eigenvalue weighted by Gasteiger charge is 2.14. The smallest absolute Gasteiger partial charge is 0.246 e. The summed E-state index contributed by atoms with van der Waals surface area (Å²) < 4.78 is 6.30. The Morgan fingerprint density at radius 1 is 1.50 bits per heavy atom. The highest BCUT2D eigenvalue weighted by Crippen LogP contribution is 2.20. The van der Waals surface area contributed by atoms with Crippen molar-refractivity contribution in [1.82, 2.24) is 10.6 Å². The minimum atomic E-state index is -0.0712. The predicted molar refractivity (Wildman–Crippen MR) is 73.0 cm³/mol. The van der Waals surface area contributed by atoms with Gasteiger partial charge in [0.15, 0.2) is 0 Å². The van der Waals surface area contributed by atoms with Crippen molar-refractivity contribution in [3.05, 3.63) is 21.3 Å². The third-order valence-electron chi connectivity index (χ3n) is 2.82. The molecule has 1 aromatic heterocycles. The fourth-order valence-electron chi connectivity index (χ4n) is 1.84. The van der Waals surface area contributed by atoms with Gasteiger partial charge in [-0.2, -0.15) is 0 Å². The number of hydrogen-bond donors (Lipinski definition) is 2. The van der Waals surface area contributed by atoms with E-state index in [2.05, 4.69) is 10.6 Å². The Kier molecular flexibility index (Phi) is 5.44. The maximum absolute atomic E-state index is 11.6. The Morgan fingerprint density at radius 3 is 2.94 bits per heavy atom. The molecule has 100 valence electrons. The first-order chi connectivity index (χ1) is 8.74. The molecule has 6 heteroatoms. The van der Waals surface area contributed by atoms with Crippen molar-refractivity contribution in [3.63, 3.8) is 0 Å². The van der Waals surface area contributed by atoms with Crippen molar-refractivity contribution in [2.45, 2.75) is 25.5 Å². The van der Waals surface area contributed by atoms with Crippen LogP contribution in [-0.4, -0.2) is 31.7 Å². The van der Waals surface area contributed by atoms with Gasteiger partial charge in [-0.3, -0.25) is 4.79 Å². The average molecular weight is 289 g/mol. The fourth-order valence-corrected chi connectivity index (χ4v) is 2.87. The summed E-state index contributed by atoms with van der Waals surface area (Å²) in [6, 6.07) is 3.75. The van der Waals surface area contributed by atoms with Gasteiger partial charge in [-0.25, -0.2) is 0 Å². The third kappa shape index (κ3) is 4.57. The van der Waals surface area contributed by atoms with Crippen molar-refractivity contribution < 1.29 is 9.53 Å². The molecule has 0 bridgehead atoms. The van der Waals surface area contributed by atoms with E-state index in [-0.39, 0.29) is 18.6 Å². The van der Waals surface area contributed by atoms with Crippen LogP contribution in [0.4, 0.5) is 0 Å². The van der Waals surface area contributed by atoms with E-state index in [0.717, 1.165) is 35.1 Å². The monoisotopic (exact) mass is 288 g/mol. The van der Waals surface area contributed by atoms with Gasteiger partial charge in [0.25, 0.3) is 0 Å². The zero-order valence-electron chi connectivity index (χ0n) is 10.1. The van der Waals surface area contributed by atoms with Crippen molar-refractivity contribution in [2.24, 2.45) is 0 Å². The van der Waals surface area contributed by atoms with E-state index in [4.69, 9.17) is 16.3 Å². The number of halogens is 1. The predicted octanol–water partition coefficient (Wildman–Crippen LogP) is 1.79. The van der Waals surface area contributed by atoms with E-state index in [1.807, 2.05) is 12.1 Å². The first-order valence-corrected chi connectivity index (χ1v) is 7.27. The minimum Gasteiger partial charge on any atom is -0.368 e. The van der Waals surface area contributed by atoms with Gasteiger partial charge in [0.2, 0.25) is 5.91 Å². The quantitative estimate of drug-likeness (QED) is 0.868. The third-order valence-corrected chi connectivity index (χ3v) is 4.06. The first-order valence-electron chi connectivity index (χ1n) is 6.07. The maximum atomic E-state index is 11.6. The van der Waals surface area contributed by atoms with Gasteiger partial charge >= 0.3 is 0 Å². The second kappa shape index (κ2) is 7.09. The number of amides is 1. The van der Waals surface area contributed by atoms with Crippen LogP contribution < -0.4 is 10.6 Å². The first kappa shape index (κ1) is 13.8. The molecule has 1 aromatic rings. The van der Waals surface area contributed by atoms with Crippen molar-refractivity contribution in [3.8, 4) is 0 Å². The van der Waals surface area contributed by atoms with Gasteiger partial charge in [0, 0.05) is 4.88 Å². The molecule has 1 aliphatic rings. The van der Waals surface area contributed by atoms with Crippen LogP contribution in [-0.2, 0) is 16.1 Å². The summed E-state index contributed by atoms with van der Waals surface area (Å²) in [6.45, 7) is 2.61. The molecule has 0 aliphatic carbocycles. The zero-order valence-corrected chi connectivity index (χ0v) is 11.6. The van der Waals surface area contributed by atoms with Gasteiger partial charge in [-0.1, -0.05) is 11.6 Å². The molecule has 18 heavy (non-hydrogen) atoms. The molecule has 1 saturated heterocycles. The van der Waals surface area contributed by atoms with Crippen molar-refractivity contribution >= 4 is 28.8 Å². The lowest BCUT2D eigenvalue weighted by molar-refractivity contribution is -0.128. The summed E-state index contributed by atoms with van der Waals surface area (Å²) in [5.41, 5.74) is 0. The van der Waals surface area contributed by atoms with E-state index >= 15 is 0 Å². The lowest BCUT2D eigenvalue weighted by atomic mass is 10.1. The number of rotatable bonds is 5. The molecule has 0 spiro atoms. The number of piperidine rings is 1. The standard InChI is InChI=1S/C12H17ClN2O2S/c13-11-2-1-10(18-11)7-15-12(16)8-17-9-3-5-14-6-4-9/h1-2,9,14H,3-8H2,(H,15,16). The van der Waals surface area contributed by atoms with Gasteiger partial charge in [0.05, 0.1) is 17.0 Å². The molecular weight excluding hydrogens is 272 g/mol. The molecule has 1 fully saturated rings. The lowest BCUT2D eigenvalue weighted by Gasteiger charge is -2.22. The van der Waals surface area contributed by atoms with Crippen molar-refractivity contribution in [2.75, 3.05) is 19.7 Å². The lowest BCUT2D eigenvalue weighted by Crippen LogP contribution is -2.35. The van der Waals surface area contributed by atoms with Gasteiger partial charge < -0.3 is 15.4 Å².